The van der Waals surface area contributed by atoms with Gasteiger partial charge in [0.1, 0.15) is 10.8 Å². The predicted molar refractivity (Wildman–Crippen MR) is 103 cm³/mol. The van der Waals surface area contributed by atoms with Crippen LogP contribution in [0.25, 0.3) is 4.85 Å². The van der Waals surface area contributed by atoms with Crippen molar-refractivity contribution in [1.82, 2.24) is 14.7 Å². The molecule has 2 atom stereocenters. The van der Waals surface area contributed by atoms with E-state index >= 15 is 0 Å². The second-order valence-electron chi connectivity index (χ2n) is 7.24. The Morgan fingerprint density at radius 1 is 1.43 bits per heavy atom. The van der Waals surface area contributed by atoms with Gasteiger partial charge in [0.25, 0.3) is 0 Å². The largest absolute Gasteiger partial charge is 0.322 e. The predicted octanol–water partition coefficient (Wildman–Crippen LogP) is 3.31. The lowest BCUT2D eigenvalue weighted by Gasteiger charge is -2.27. The minimum absolute atomic E-state index is 0.134. The first-order valence-corrected chi connectivity index (χ1v) is 10.5. The number of halogens is 1. The molecular formula is C19H20FN5O2S. The number of aryl methyl sites for hydroxylation is 1. The van der Waals surface area contributed by atoms with Gasteiger partial charge in [-0.25, -0.2) is 14.0 Å². The Bertz CT molecular complexity index is 1010. The molecule has 0 fully saturated rings. The van der Waals surface area contributed by atoms with Crippen LogP contribution in [0.2, 0.25) is 0 Å². The van der Waals surface area contributed by atoms with Crippen LogP contribution in [0, 0.1) is 18.3 Å². The highest BCUT2D eigenvalue weighted by molar-refractivity contribution is 7.85. The number of nitrogens with one attached hydrogen (secondary N) is 1. The van der Waals surface area contributed by atoms with Gasteiger partial charge in [0.2, 0.25) is 5.69 Å². The highest BCUT2D eigenvalue weighted by Crippen LogP contribution is 2.29. The monoisotopic (exact) mass is 401 g/mol. The number of carbonyl (C=O) groups is 1. The van der Waals surface area contributed by atoms with Crippen LogP contribution < -0.4 is 5.32 Å². The van der Waals surface area contributed by atoms with Crippen LogP contribution in [0.4, 0.5) is 20.6 Å². The Balaban J connectivity index is 1.54. The lowest BCUT2D eigenvalue weighted by atomic mass is 10.1. The number of urea groups is 1. The van der Waals surface area contributed by atoms with Crippen LogP contribution in [0.1, 0.15) is 24.6 Å². The molecule has 2 aromatic rings. The number of aromatic nitrogens is 2. The average molecular weight is 401 g/mol. The van der Waals surface area contributed by atoms with Crippen molar-refractivity contribution in [2.45, 2.75) is 37.9 Å². The van der Waals surface area contributed by atoms with E-state index in [9.17, 15) is 13.4 Å². The van der Waals surface area contributed by atoms with Gasteiger partial charge in [-0.1, -0.05) is 6.92 Å². The fourth-order valence-electron chi connectivity index (χ4n) is 3.62. The summed E-state index contributed by atoms with van der Waals surface area (Å²) >= 11 is 0. The first kappa shape index (κ1) is 18.6. The summed E-state index contributed by atoms with van der Waals surface area (Å²) in [5, 5.41) is 8.10. The van der Waals surface area contributed by atoms with Gasteiger partial charge in [-0.05, 0) is 30.5 Å². The maximum atomic E-state index is 13.5. The maximum Gasteiger partial charge on any atom is 0.322 e. The smallest absolute Gasteiger partial charge is 0.320 e. The van der Waals surface area contributed by atoms with E-state index in [2.05, 4.69) is 22.2 Å². The van der Waals surface area contributed by atoms with Gasteiger partial charge >= 0.3 is 6.03 Å². The number of carbonyl (C=O) groups excluding carboxylic acids is 1. The van der Waals surface area contributed by atoms with Gasteiger partial charge in [0.05, 0.1) is 29.6 Å². The van der Waals surface area contributed by atoms with Crippen molar-refractivity contribution in [2.75, 3.05) is 17.6 Å². The topological polar surface area (TPSA) is 71.6 Å². The quantitative estimate of drug-likeness (QED) is 0.746. The van der Waals surface area contributed by atoms with Crippen LogP contribution in [0.5, 0.6) is 0 Å². The average Bonchev–Trinajstić information content (AvgIpc) is 2.98. The first-order valence-electron chi connectivity index (χ1n) is 9.16. The van der Waals surface area contributed by atoms with Gasteiger partial charge < -0.3 is 10.2 Å². The Morgan fingerprint density at radius 3 is 3.04 bits per heavy atom. The third-order valence-electron chi connectivity index (χ3n) is 5.14. The van der Waals surface area contributed by atoms with Crippen molar-refractivity contribution in [3.05, 3.63) is 46.7 Å². The number of fused-ring (bicyclic) bond motifs is 3. The summed E-state index contributed by atoms with van der Waals surface area (Å²) in [6.07, 6.45) is 1.55. The van der Waals surface area contributed by atoms with E-state index in [0.29, 0.717) is 36.9 Å². The number of nitrogens with zero attached hydrogens (tertiary/aromatic N) is 4. The summed E-state index contributed by atoms with van der Waals surface area (Å²) in [6.45, 7) is 10.7. The zero-order valence-corrected chi connectivity index (χ0v) is 16.3. The molecule has 146 valence electrons. The lowest BCUT2D eigenvalue weighted by Crippen LogP contribution is -2.39. The molecule has 0 saturated heterocycles. The Morgan fingerprint density at radius 2 is 2.25 bits per heavy atom. The van der Waals surface area contributed by atoms with Gasteiger partial charge in [0.15, 0.2) is 0 Å². The van der Waals surface area contributed by atoms with E-state index in [1.54, 1.807) is 4.90 Å². The molecule has 0 saturated carbocycles. The molecule has 9 heteroatoms. The Hall–Kier alpha value is -2.73. The molecule has 1 aromatic carbocycles. The van der Waals surface area contributed by atoms with Crippen molar-refractivity contribution in [1.29, 1.82) is 0 Å². The molecule has 7 nitrogen and oxygen atoms in total. The number of rotatable bonds is 1. The molecule has 0 aliphatic carbocycles. The van der Waals surface area contributed by atoms with E-state index in [1.807, 2.05) is 4.68 Å². The molecule has 2 amide bonds. The summed E-state index contributed by atoms with van der Waals surface area (Å²) < 4.78 is 28.1. The third-order valence-corrected chi connectivity index (χ3v) is 6.90. The molecule has 0 spiro atoms. The lowest BCUT2D eigenvalue weighted by molar-refractivity contribution is 0.205. The van der Waals surface area contributed by atoms with Crippen molar-refractivity contribution in [2.24, 2.45) is 5.92 Å². The summed E-state index contributed by atoms with van der Waals surface area (Å²) in [6, 6.07) is 3.58. The third kappa shape index (κ3) is 3.40. The minimum Gasteiger partial charge on any atom is -0.320 e. The van der Waals surface area contributed by atoms with Crippen molar-refractivity contribution < 1.29 is 13.4 Å². The first-order chi connectivity index (χ1) is 13.5. The SMILES string of the molecule is [C-]#[N+]c1cc(NC(=O)N2CCc3nn4c(c3C2)S(=O)CC(C)CC4)ccc1F. The number of amides is 2. The van der Waals surface area contributed by atoms with Crippen molar-refractivity contribution in [3.8, 4) is 0 Å². The molecule has 1 N–H and O–H groups in total. The van der Waals surface area contributed by atoms with Crippen LogP contribution in [-0.4, -0.2) is 37.2 Å². The number of hydrogen-bond donors (Lipinski definition) is 1. The van der Waals surface area contributed by atoms with Crippen LogP contribution in [-0.2, 0) is 30.3 Å². The second kappa shape index (κ2) is 7.36. The second-order valence-corrected chi connectivity index (χ2v) is 8.65. The van der Waals surface area contributed by atoms with Crippen LogP contribution in [0.15, 0.2) is 23.2 Å². The van der Waals surface area contributed by atoms with Gasteiger partial charge in [-0.3, -0.25) is 8.89 Å². The molecule has 0 bridgehead atoms. The normalized spacial score (nSPS) is 21.2. The fraction of sp³-hybridized carbons (Fsp3) is 0.421. The van der Waals surface area contributed by atoms with E-state index in [0.717, 1.165) is 29.2 Å². The fourth-order valence-corrected chi connectivity index (χ4v) is 5.29. The molecule has 1 aromatic heterocycles. The van der Waals surface area contributed by atoms with E-state index in [-0.39, 0.29) is 11.7 Å². The zero-order valence-electron chi connectivity index (χ0n) is 15.4. The summed E-state index contributed by atoms with van der Waals surface area (Å²) in [7, 11) is -1.13. The highest BCUT2D eigenvalue weighted by Gasteiger charge is 2.31. The van der Waals surface area contributed by atoms with E-state index < -0.39 is 16.6 Å². The van der Waals surface area contributed by atoms with Crippen molar-refractivity contribution in [3.63, 3.8) is 0 Å². The van der Waals surface area contributed by atoms with Crippen molar-refractivity contribution >= 4 is 28.2 Å². The Labute approximate surface area is 164 Å². The van der Waals surface area contributed by atoms with E-state index in [1.165, 1.54) is 18.2 Å². The van der Waals surface area contributed by atoms with Gasteiger partial charge in [-0.2, -0.15) is 5.10 Å². The molecule has 0 radical (unpaired) electrons. The summed E-state index contributed by atoms with van der Waals surface area (Å²) in [4.78, 5) is 17.4. The molecule has 3 heterocycles. The molecular weight excluding hydrogens is 381 g/mol. The molecule has 4 rings (SSSR count). The molecule has 2 aliphatic rings. The number of hydrogen-bond acceptors (Lipinski definition) is 3. The highest BCUT2D eigenvalue weighted by atomic mass is 32.2. The molecule has 2 aliphatic heterocycles. The van der Waals surface area contributed by atoms with E-state index in [4.69, 9.17) is 6.57 Å². The number of benzene rings is 1. The maximum absolute atomic E-state index is 13.5. The molecule has 28 heavy (non-hydrogen) atoms. The minimum atomic E-state index is -1.13. The van der Waals surface area contributed by atoms with Gasteiger partial charge in [0, 0.05) is 36.5 Å². The summed E-state index contributed by atoms with van der Waals surface area (Å²) in [5.74, 6) is 0.366. The standard InChI is InChI=1S/C19H20FN5O2S/c1-12-5-8-25-18(28(27)11-12)14-10-24(7-6-16(14)23-25)19(26)22-13-3-4-15(20)17(9-13)21-2/h3-4,9,12H,5-8,10-11H2,1H3,(H,22,26). The van der Waals surface area contributed by atoms with Gasteiger partial charge in [-0.15, -0.1) is 0 Å². The Kier molecular flexibility index (Phi) is 4.89. The van der Waals surface area contributed by atoms with Crippen LogP contribution in [0.3, 0.4) is 0 Å². The number of anilines is 1. The molecule has 2 unspecified atom stereocenters. The summed E-state index contributed by atoms with van der Waals surface area (Å²) in [5.41, 5.74) is 2.04. The zero-order chi connectivity index (χ0) is 19.8. The van der Waals surface area contributed by atoms with Crippen LogP contribution >= 0.6 is 0 Å².